The summed E-state index contributed by atoms with van der Waals surface area (Å²) in [5.41, 5.74) is 0.761. The summed E-state index contributed by atoms with van der Waals surface area (Å²) in [6, 6.07) is 4.98. The van der Waals surface area contributed by atoms with Gasteiger partial charge in [-0.2, -0.15) is 4.98 Å². The second-order valence-electron chi connectivity index (χ2n) is 4.63. The van der Waals surface area contributed by atoms with Gasteiger partial charge >= 0.3 is 0 Å². The average Bonchev–Trinajstić information content (AvgIpc) is 2.83. The highest BCUT2D eigenvalue weighted by atomic mass is 16.5. The molecule has 0 unspecified atom stereocenters. The van der Waals surface area contributed by atoms with Gasteiger partial charge in [0.05, 0.1) is 7.11 Å². The van der Waals surface area contributed by atoms with Crippen LogP contribution in [0.2, 0.25) is 0 Å². The van der Waals surface area contributed by atoms with Crippen molar-refractivity contribution in [3.05, 3.63) is 24.1 Å². The fourth-order valence-corrected chi connectivity index (χ4v) is 2.01. The van der Waals surface area contributed by atoms with Crippen molar-refractivity contribution in [2.45, 2.75) is 6.42 Å². The van der Waals surface area contributed by atoms with Crippen molar-refractivity contribution in [2.24, 2.45) is 5.92 Å². The molecule has 0 amide bonds. The van der Waals surface area contributed by atoms with Crippen LogP contribution in [0.5, 0.6) is 11.5 Å². The SMILES string of the molecule is COc1cc(-c2noc(CC3CNC3)n2)ccc1O. The zero-order valence-corrected chi connectivity index (χ0v) is 10.6. The third-order valence-electron chi connectivity index (χ3n) is 3.24. The molecule has 0 spiro atoms. The fraction of sp³-hybridized carbons (Fsp3) is 0.385. The maximum Gasteiger partial charge on any atom is 0.227 e. The quantitative estimate of drug-likeness (QED) is 0.861. The van der Waals surface area contributed by atoms with Crippen molar-refractivity contribution in [3.63, 3.8) is 0 Å². The summed E-state index contributed by atoms with van der Waals surface area (Å²) in [6.07, 6.45) is 0.801. The van der Waals surface area contributed by atoms with Gasteiger partial charge in [-0.1, -0.05) is 5.16 Å². The molecule has 19 heavy (non-hydrogen) atoms. The highest BCUT2D eigenvalue weighted by Crippen LogP contribution is 2.30. The van der Waals surface area contributed by atoms with Crippen LogP contribution in [0.4, 0.5) is 0 Å². The van der Waals surface area contributed by atoms with Crippen LogP contribution in [-0.4, -0.2) is 35.4 Å². The number of ether oxygens (including phenoxy) is 1. The molecule has 1 saturated heterocycles. The molecule has 6 nitrogen and oxygen atoms in total. The normalized spacial score (nSPS) is 15.2. The van der Waals surface area contributed by atoms with Crippen LogP contribution < -0.4 is 10.1 Å². The predicted octanol–water partition coefficient (Wildman–Crippen LogP) is 1.21. The molecule has 0 saturated carbocycles. The first-order valence-electron chi connectivity index (χ1n) is 6.17. The summed E-state index contributed by atoms with van der Waals surface area (Å²) in [4.78, 5) is 4.36. The van der Waals surface area contributed by atoms with Crippen molar-refractivity contribution in [1.82, 2.24) is 15.5 Å². The Balaban J connectivity index is 1.81. The highest BCUT2D eigenvalue weighted by molar-refractivity contribution is 5.60. The summed E-state index contributed by atoms with van der Waals surface area (Å²) in [6.45, 7) is 2.01. The molecule has 2 aromatic rings. The number of rotatable bonds is 4. The molecule has 2 heterocycles. The smallest absolute Gasteiger partial charge is 0.227 e. The van der Waals surface area contributed by atoms with Crippen LogP contribution in [0.3, 0.4) is 0 Å². The molecule has 0 atom stereocenters. The molecule has 0 radical (unpaired) electrons. The molecular weight excluding hydrogens is 246 g/mol. The van der Waals surface area contributed by atoms with E-state index in [2.05, 4.69) is 15.5 Å². The molecule has 0 bridgehead atoms. The molecule has 1 aromatic heterocycles. The fourth-order valence-electron chi connectivity index (χ4n) is 2.01. The topological polar surface area (TPSA) is 80.4 Å². The number of hydrogen-bond donors (Lipinski definition) is 2. The summed E-state index contributed by atoms with van der Waals surface area (Å²) in [5, 5.41) is 16.7. The van der Waals surface area contributed by atoms with Crippen molar-refractivity contribution < 1.29 is 14.4 Å². The minimum atomic E-state index is 0.0931. The second-order valence-corrected chi connectivity index (χ2v) is 4.63. The summed E-state index contributed by atoms with van der Waals surface area (Å²) in [5.74, 6) is 2.24. The Bertz CT molecular complexity index is 578. The largest absolute Gasteiger partial charge is 0.504 e. The Hall–Kier alpha value is -2.08. The Morgan fingerprint density at radius 3 is 3.00 bits per heavy atom. The lowest BCUT2D eigenvalue weighted by atomic mass is 10.00. The van der Waals surface area contributed by atoms with E-state index in [-0.39, 0.29) is 5.75 Å². The third-order valence-corrected chi connectivity index (χ3v) is 3.24. The first-order valence-corrected chi connectivity index (χ1v) is 6.17. The van der Waals surface area contributed by atoms with Gasteiger partial charge in [0, 0.05) is 12.0 Å². The molecular formula is C13H15N3O3. The number of nitrogens with zero attached hydrogens (tertiary/aromatic N) is 2. The molecule has 100 valence electrons. The lowest BCUT2D eigenvalue weighted by Crippen LogP contribution is -2.43. The number of benzene rings is 1. The van der Waals surface area contributed by atoms with E-state index in [1.807, 2.05) is 0 Å². The van der Waals surface area contributed by atoms with E-state index < -0.39 is 0 Å². The number of hydrogen-bond acceptors (Lipinski definition) is 6. The predicted molar refractivity (Wildman–Crippen MR) is 68.0 cm³/mol. The number of phenols is 1. The van der Waals surface area contributed by atoms with Gasteiger partial charge < -0.3 is 19.7 Å². The van der Waals surface area contributed by atoms with E-state index in [4.69, 9.17) is 9.26 Å². The molecule has 6 heteroatoms. The van der Waals surface area contributed by atoms with Crippen molar-refractivity contribution >= 4 is 0 Å². The van der Waals surface area contributed by atoms with Crippen LogP contribution >= 0.6 is 0 Å². The van der Waals surface area contributed by atoms with E-state index in [1.54, 1.807) is 18.2 Å². The monoisotopic (exact) mass is 261 g/mol. The molecule has 2 N–H and O–H groups in total. The lowest BCUT2D eigenvalue weighted by Gasteiger charge is -2.25. The van der Waals surface area contributed by atoms with Gasteiger partial charge in [-0.25, -0.2) is 0 Å². The number of methoxy groups -OCH3 is 1. The Morgan fingerprint density at radius 2 is 2.32 bits per heavy atom. The van der Waals surface area contributed by atoms with Crippen molar-refractivity contribution in [2.75, 3.05) is 20.2 Å². The Morgan fingerprint density at radius 1 is 1.47 bits per heavy atom. The highest BCUT2D eigenvalue weighted by Gasteiger charge is 2.20. The van der Waals surface area contributed by atoms with Gasteiger partial charge in [-0.05, 0) is 37.2 Å². The van der Waals surface area contributed by atoms with Crippen LogP contribution in [0.1, 0.15) is 5.89 Å². The van der Waals surface area contributed by atoms with E-state index in [0.29, 0.717) is 23.4 Å². The number of nitrogens with one attached hydrogen (secondary N) is 1. The van der Waals surface area contributed by atoms with Gasteiger partial charge in [0.1, 0.15) is 0 Å². The van der Waals surface area contributed by atoms with E-state index >= 15 is 0 Å². The molecule has 1 aliphatic heterocycles. The average molecular weight is 261 g/mol. The second kappa shape index (κ2) is 4.89. The zero-order chi connectivity index (χ0) is 13.2. The minimum absolute atomic E-state index is 0.0931. The van der Waals surface area contributed by atoms with E-state index in [0.717, 1.165) is 25.1 Å². The Kier molecular flexibility index (Phi) is 3.08. The van der Waals surface area contributed by atoms with E-state index in [1.165, 1.54) is 7.11 Å². The number of aromatic nitrogens is 2. The van der Waals surface area contributed by atoms with Gasteiger partial charge in [-0.3, -0.25) is 0 Å². The minimum Gasteiger partial charge on any atom is -0.504 e. The lowest BCUT2D eigenvalue weighted by molar-refractivity contribution is 0.296. The maximum absolute atomic E-state index is 9.55. The van der Waals surface area contributed by atoms with Crippen molar-refractivity contribution in [3.8, 4) is 22.9 Å². The van der Waals surface area contributed by atoms with Gasteiger partial charge in [0.25, 0.3) is 0 Å². The van der Waals surface area contributed by atoms with Gasteiger partial charge in [0.15, 0.2) is 11.5 Å². The summed E-state index contributed by atoms with van der Waals surface area (Å²) < 4.78 is 10.3. The standard InChI is InChI=1S/C13H15N3O3/c1-18-11-5-9(2-3-10(11)17)13-15-12(19-16-13)4-8-6-14-7-8/h2-3,5,8,14,17H,4,6-7H2,1H3. The van der Waals surface area contributed by atoms with Crippen molar-refractivity contribution in [1.29, 1.82) is 0 Å². The Labute approximate surface area is 110 Å². The van der Waals surface area contributed by atoms with Crippen LogP contribution in [-0.2, 0) is 6.42 Å². The van der Waals surface area contributed by atoms with Gasteiger partial charge in [-0.15, -0.1) is 0 Å². The summed E-state index contributed by atoms with van der Waals surface area (Å²) in [7, 11) is 1.50. The number of phenolic OH excluding ortho intramolecular Hbond substituents is 1. The molecule has 0 aliphatic carbocycles. The van der Waals surface area contributed by atoms with Crippen LogP contribution in [0.25, 0.3) is 11.4 Å². The van der Waals surface area contributed by atoms with Crippen LogP contribution in [0.15, 0.2) is 22.7 Å². The molecule has 1 fully saturated rings. The summed E-state index contributed by atoms with van der Waals surface area (Å²) >= 11 is 0. The molecule has 1 aromatic carbocycles. The van der Waals surface area contributed by atoms with Gasteiger partial charge in [0.2, 0.25) is 11.7 Å². The third kappa shape index (κ3) is 2.39. The zero-order valence-electron chi connectivity index (χ0n) is 10.6. The molecule has 1 aliphatic rings. The van der Waals surface area contributed by atoms with E-state index in [9.17, 15) is 5.11 Å². The molecule has 3 rings (SSSR count). The maximum atomic E-state index is 9.55. The first kappa shape index (κ1) is 12.0. The number of aromatic hydroxyl groups is 1. The van der Waals surface area contributed by atoms with Crippen LogP contribution in [0, 0.1) is 5.92 Å². The first-order chi connectivity index (χ1) is 9.26.